The zero-order valence-electron chi connectivity index (χ0n) is 14.4. The first-order chi connectivity index (χ1) is 12.1. The molecule has 0 atom stereocenters. The van der Waals surface area contributed by atoms with Crippen molar-refractivity contribution in [3.63, 3.8) is 0 Å². The summed E-state index contributed by atoms with van der Waals surface area (Å²) in [5.74, 6) is 0. The Bertz CT molecular complexity index is 1260. The summed E-state index contributed by atoms with van der Waals surface area (Å²) in [6.45, 7) is 6.44. The summed E-state index contributed by atoms with van der Waals surface area (Å²) >= 11 is 1.86. The van der Waals surface area contributed by atoms with Crippen molar-refractivity contribution in [3.8, 4) is 11.3 Å². The lowest BCUT2D eigenvalue weighted by Gasteiger charge is -2.02. The minimum atomic E-state index is 0.921. The number of furan rings is 1. The topological polar surface area (TPSA) is 26.0 Å². The van der Waals surface area contributed by atoms with Crippen LogP contribution in [-0.2, 0) is 0 Å². The number of pyridine rings is 1. The zero-order valence-corrected chi connectivity index (χ0v) is 15.2. The summed E-state index contributed by atoms with van der Waals surface area (Å²) in [5, 5.41) is 3.72. The van der Waals surface area contributed by atoms with Gasteiger partial charge in [0.25, 0.3) is 0 Å². The number of aromatic nitrogens is 1. The van der Waals surface area contributed by atoms with E-state index in [0.717, 1.165) is 28.0 Å². The summed E-state index contributed by atoms with van der Waals surface area (Å²) in [6.07, 6.45) is 1.90. The summed E-state index contributed by atoms with van der Waals surface area (Å²) in [5.41, 5.74) is 6.39. The molecule has 3 heteroatoms. The van der Waals surface area contributed by atoms with Gasteiger partial charge < -0.3 is 4.42 Å². The number of hydrogen-bond donors (Lipinski definition) is 0. The standard InChI is InChI=1S/C22H17NOS/c1-12-7-9-18(23-11-12)16-5-4-6-17-20-19(24-21(16)17)10-8-15-13(2)14(3)25-22(15)20/h4-11H,1-3H3. The largest absolute Gasteiger partial charge is 0.455 e. The maximum atomic E-state index is 6.29. The van der Waals surface area contributed by atoms with Crippen LogP contribution < -0.4 is 0 Å². The van der Waals surface area contributed by atoms with Crippen molar-refractivity contribution >= 4 is 43.4 Å². The molecule has 3 heterocycles. The molecule has 0 saturated heterocycles. The van der Waals surface area contributed by atoms with E-state index in [9.17, 15) is 0 Å². The molecule has 5 rings (SSSR count). The molecule has 0 fully saturated rings. The first-order valence-corrected chi connectivity index (χ1v) is 9.22. The molecular formula is C22H17NOS. The van der Waals surface area contributed by atoms with E-state index < -0.39 is 0 Å². The third-order valence-corrected chi connectivity index (χ3v) is 6.23. The number of hydrogen-bond acceptors (Lipinski definition) is 3. The highest BCUT2D eigenvalue weighted by Crippen LogP contribution is 2.42. The number of benzene rings is 2. The van der Waals surface area contributed by atoms with Gasteiger partial charge in [-0.05, 0) is 61.5 Å². The molecule has 0 aliphatic rings. The number of fused-ring (bicyclic) bond motifs is 5. The molecule has 0 amide bonds. The van der Waals surface area contributed by atoms with Gasteiger partial charge in [0.2, 0.25) is 0 Å². The average molecular weight is 343 g/mol. The van der Waals surface area contributed by atoms with Gasteiger partial charge >= 0.3 is 0 Å². The smallest absolute Gasteiger partial charge is 0.144 e. The maximum Gasteiger partial charge on any atom is 0.144 e. The summed E-state index contributed by atoms with van der Waals surface area (Å²) in [4.78, 5) is 5.96. The molecule has 2 aromatic carbocycles. The molecule has 5 aromatic rings. The van der Waals surface area contributed by atoms with Crippen molar-refractivity contribution in [2.24, 2.45) is 0 Å². The Balaban J connectivity index is 1.91. The average Bonchev–Trinajstić information content (AvgIpc) is 3.13. The van der Waals surface area contributed by atoms with Crippen LogP contribution in [0.15, 0.2) is 53.1 Å². The quantitative estimate of drug-likeness (QED) is 0.335. The first-order valence-electron chi connectivity index (χ1n) is 8.40. The molecule has 122 valence electrons. The Labute approximate surface area is 149 Å². The third kappa shape index (κ3) is 2.06. The first kappa shape index (κ1) is 14.7. The molecular weight excluding hydrogens is 326 g/mol. The Morgan fingerprint density at radius 3 is 2.60 bits per heavy atom. The number of thiophene rings is 1. The lowest BCUT2D eigenvalue weighted by molar-refractivity contribution is 0.670. The van der Waals surface area contributed by atoms with Crippen LogP contribution in [0.1, 0.15) is 16.0 Å². The van der Waals surface area contributed by atoms with E-state index in [-0.39, 0.29) is 0 Å². The van der Waals surface area contributed by atoms with Crippen LogP contribution in [0.4, 0.5) is 0 Å². The van der Waals surface area contributed by atoms with Crippen LogP contribution in [0.2, 0.25) is 0 Å². The molecule has 0 aliphatic heterocycles. The minimum absolute atomic E-state index is 0.921. The molecule has 0 bridgehead atoms. The van der Waals surface area contributed by atoms with Gasteiger partial charge in [-0.3, -0.25) is 4.98 Å². The molecule has 0 spiro atoms. The van der Waals surface area contributed by atoms with Gasteiger partial charge in [-0.1, -0.05) is 18.2 Å². The lowest BCUT2D eigenvalue weighted by Crippen LogP contribution is -1.84. The summed E-state index contributed by atoms with van der Waals surface area (Å²) < 4.78 is 7.61. The number of para-hydroxylation sites is 1. The molecule has 0 saturated carbocycles. The van der Waals surface area contributed by atoms with E-state index in [0.29, 0.717) is 0 Å². The fraction of sp³-hybridized carbons (Fsp3) is 0.136. The lowest BCUT2D eigenvalue weighted by atomic mass is 10.0. The van der Waals surface area contributed by atoms with Gasteiger partial charge in [0, 0.05) is 32.1 Å². The highest BCUT2D eigenvalue weighted by Gasteiger charge is 2.17. The molecule has 2 nitrogen and oxygen atoms in total. The molecule has 0 aliphatic carbocycles. The van der Waals surface area contributed by atoms with Crippen molar-refractivity contribution in [3.05, 3.63) is 64.7 Å². The molecule has 3 aromatic heterocycles. The van der Waals surface area contributed by atoms with E-state index in [4.69, 9.17) is 4.42 Å². The van der Waals surface area contributed by atoms with E-state index in [1.165, 1.54) is 31.3 Å². The second-order valence-electron chi connectivity index (χ2n) is 6.60. The predicted molar refractivity (Wildman–Crippen MR) is 107 cm³/mol. The molecule has 25 heavy (non-hydrogen) atoms. The zero-order chi connectivity index (χ0) is 17.1. The van der Waals surface area contributed by atoms with Crippen molar-refractivity contribution in [1.29, 1.82) is 0 Å². The summed E-state index contributed by atoms with van der Waals surface area (Å²) in [6, 6.07) is 14.8. The van der Waals surface area contributed by atoms with Crippen molar-refractivity contribution in [2.45, 2.75) is 20.8 Å². The molecule has 0 radical (unpaired) electrons. The second-order valence-corrected chi connectivity index (χ2v) is 7.83. The van der Waals surface area contributed by atoms with E-state index in [1.54, 1.807) is 0 Å². The third-order valence-electron chi connectivity index (χ3n) is 4.99. The molecule has 0 N–H and O–H groups in total. The fourth-order valence-corrected chi connectivity index (χ4v) is 4.72. The number of aryl methyl sites for hydroxylation is 3. The second kappa shape index (κ2) is 5.17. The summed E-state index contributed by atoms with van der Waals surface area (Å²) in [7, 11) is 0. The minimum Gasteiger partial charge on any atom is -0.455 e. The van der Waals surface area contributed by atoms with Gasteiger partial charge in [-0.25, -0.2) is 0 Å². The monoisotopic (exact) mass is 343 g/mol. The van der Waals surface area contributed by atoms with Crippen molar-refractivity contribution in [1.82, 2.24) is 4.98 Å². The van der Waals surface area contributed by atoms with Crippen LogP contribution in [0.3, 0.4) is 0 Å². The Morgan fingerprint density at radius 2 is 1.80 bits per heavy atom. The van der Waals surface area contributed by atoms with Gasteiger partial charge in [-0.15, -0.1) is 11.3 Å². The molecule has 0 unspecified atom stereocenters. The Hall–Kier alpha value is -2.65. The van der Waals surface area contributed by atoms with Crippen molar-refractivity contribution < 1.29 is 4.42 Å². The fourth-order valence-electron chi connectivity index (χ4n) is 3.51. The van der Waals surface area contributed by atoms with Crippen LogP contribution >= 0.6 is 11.3 Å². The maximum absolute atomic E-state index is 6.29. The van der Waals surface area contributed by atoms with Crippen molar-refractivity contribution in [2.75, 3.05) is 0 Å². The normalized spacial score (nSPS) is 11.8. The number of rotatable bonds is 1. The highest BCUT2D eigenvalue weighted by molar-refractivity contribution is 7.20. The van der Waals surface area contributed by atoms with Crippen LogP contribution in [0.5, 0.6) is 0 Å². The van der Waals surface area contributed by atoms with Gasteiger partial charge in [0.05, 0.1) is 5.69 Å². The van der Waals surface area contributed by atoms with E-state index in [2.05, 4.69) is 68.2 Å². The van der Waals surface area contributed by atoms with E-state index in [1.807, 2.05) is 17.5 Å². The van der Waals surface area contributed by atoms with Crippen LogP contribution in [0.25, 0.3) is 43.3 Å². The predicted octanol–water partition coefficient (Wildman–Crippen LogP) is 6.79. The Kier molecular flexibility index (Phi) is 3.03. The Morgan fingerprint density at radius 1 is 0.920 bits per heavy atom. The SMILES string of the molecule is Cc1ccc(-c2cccc3c2oc2ccc4c(C)c(C)sc4c23)nc1. The van der Waals surface area contributed by atoms with Crippen LogP contribution in [0, 0.1) is 20.8 Å². The van der Waals surface area contributed by atoms with Crippen LogP contribution in [-0.4, -0.2) is 4.98 Å². The van der Waals surface area contributed by atoms with Gasteiger partial charge in [0.1, 0.15) is 11.2 Å². The number of nitrogens with zero attached hydrogens (tertiary/aromatic N) is 1. The van der Waals surface area contributed by atoms with E-state index >= 15 is 0 Å². The highest BCUT2D eigenvalue weighted by atomic mass is 32.1. The van der Waals surface area contributed by atoms with Gasteiger partial charge in [0.15, 0.2) is 0 Å². The van der Waals surface area contributed by atoms with Gasteiger partial charge in [-0.2, -0.15) is 0 Å².